The Hall–Kier alpha value is -0.740. The molecule has 0 amide bonds. The Morgan fingerprint density at radius 2 is 1.94 bits per heavy atom. The van der Waals surface area contributed by atoms with Crippen LogP contribution in [-0.2, 0) is 9.84 Å². The van der Waals surface area contributed by atoms with Crippen molar-refractivity contribution < 1.29 is 8.42 Å². The molecule has 1 saturated carbocycles. The maximum absolute atomic E-state index is 12.2. The second kappa shape index (κ2) is 4.86. The number of anilines is 1. The van der Waals surface area contributed by atoms with Crippen molar-refractivity contribution in [3.05, 3.63) is 23.2 Å². The molecule has 17 heavy (non-hydrogen) atoms. The van der Waals surface area contributed by atoms with Crippen molar-refractivity contribution in [3.63, 3.8) is 0 Å². The zero-order chi connectivity index (χ0) is 12.5. The van der Waals surface area contributed by atoms with Crippen LogP contribution in [0.15, 0.2) is 23.1 Å². The topological polar surface area (TPSA) is 60.2 Å². The number of benzene rings is 1. The third-order valence-corrected chi connectivity index (χ3v) is 5.58. The van der Waals surface area contributed by atoms with E-state index in [9.17, 15) is 8.42 Å². The van der Waals surface area contributed by atoms with Crippen molar-refractivity contribution in [2.24, 2.45) is 5.92 Å². The lowest BCUT2D eigenvalue weighted by molar-refractivity contribution is 0.559. The van der Waals surface area contributed by atoms with Gasteiger partial charge in [-0.25, -0.2) is 8.42 Å². The standard InChI is InChI=1S/C12H16ClNO2S/c13-11-6-5-10(14)7-12(11)17(15,16)8-9-3-1-2-4-9/h5-7,9H,1-4,8,14H2. The predicted molar refractivity (Wildman–Crippen MR) is 69.9 cm³/mol. The number of hydrogen-bond acceptors (Lipinski definition) is 3. The third kappa shape index (κ3) is 2.93. The summed E-state index contributed by atoms with van der Waals surface area (Å²) in [5, 5.41) is 0.261. The van der Waals surface area contributed by atoms with Crippen molar-refractivity contribution in [2.75, 3.05) is 11.5 Å². The summed E-state index contributed by atoms with van der Waals surface area (Å²) in [5.74, 6) is 0.466. The lowest BCUT2D eigenvalue weighted by atomic mass is 10.1. The number of sulfone groups is 1. The molecule has 0 heterocycles. The molecule has 1 aliphatic carbocycles. The molecular weight excluding hydrogens is 258 g/mol. The molecule has 2 N–H and O–H groups in total. The Bertz CT molecular complexity index is 507. The summed E-state index contributed by atoms with van der Waals surface area (Å²) in [4.78, 5) is 0.172. The molecular formula is C12H16ClNO2S. The highest BCUT2D eigenvalue weighted by Crippen LogP contribution is 2.31. The van der Waals surface area contributed by atoms with Crippen LogP contribution in [-0.4, -0.2) is 14.2 Å². The lowest BCUT2D eigenvalue weighted by Gasteiger charge is -2.11. The Balaban J connectivity index is 2.27. The molecule has 0 spiro atoms. The van der Waals surface area contributed by atoms with Gasteiger partial charge in [-0.15, -0.1) is 0 Å². The summed E-state index contributed by atoms with van der Waals surface area (Å²) in [6, 6.07) is 4.60. The second-order valence-corrected chi connectivity index (χ2v) is 7.03. The van der Waals surface area contributed by atoms with Gasteiger partial charge in [0.1, 0.15) is 0 Å². The largest absolute Gasteiger partial charge is 0.399 e. The second-order valence-electron chi connectivity index (χ2n) is 4.62. The summed E-state index contributed by atoms with van der Waals surface area (Å²) in [7, 11) is -3.31. The highest BCUT2D eigenvalue weighted by atomic mass is 35.5. The summed E-state index contributed by atoms with van der Waals surface area (Å²) < 4.78 is 24.4. The van der Waals surface area contributed by atoms with E-state index in [-0.39, 0.29) is 21.6 Å². The molecule has 0 atom stereocenters. The van der Waals surface area contributed by atoms with Crippen LogP contribution < -0.4 is 5.73 Å². The third-order valence-electron chi connectivity index (χ3n) is 3.22. The summed E-state index contributed by atoms with van der Waals surface area (Å²) in [6.07, 6.45) is 4.26. The van der Waals surface area contributed by atoms with E-state index in [2.05, 4.69) is 0 Å². The highest BCUT2D eigenvalue weighted by Gasteiger charge is 2.25. The minimum absolute atomic E-state index is 0.172. The van der Waals surface area contributed by atoms with Crippen molar-refractivity contribution in [3.8, 4) is 0 Å². The fraction of sp³-hybridized carbons (Fsp3) is 0.500. The first-order valence-corrected chi connectivity index (χ1v) is 7.80. The lowest BCUT2D eigenvalue weighted by Crippen LogP contribution is -2.14. The number of halogens is 1. The molecule has 0 aliphatic heterocycles. The average molecular weight is 274 g/mol. The van der Waals surface area contributed by atoms with Crippen molar-refractivity contribution in [1.82, 2.24) is 0 Å². The zero-order valence-corrected chi connectivity index (χ0v) is 11.1. The van der Waals surface area contributed by atoms with Gasteiger partial charge in [0.15, 0.2) is 9.84 Å². The van der Waals surface area contributed by atoms with Gasteiger partial charge < -0.3 is 5.73 Å². The smallest absolute Gasteiger partial charge is 0.180 e. The van der Waals surface area contributed by atoms with Gasteiger partial charge in [0.2, 0.25) is 0 Å². The van der Waals surface area contributed by atoms with Gasteiger partial charge in [0.05, 0.1) is 15.7 Å². The van der Waals surface area contributed by atoms with Gasteiger partial charge in [-0.05, 0) is 37.0 Å². The van der Waals surface area contributed by atoms with E-state index < -0.39 is 9.84 Å². The number of nitrogen functional groups attached to an aromatic ring is 1. The monoisotopic (exact) mass is 273 g/mol. The Kier molecular flexibility index (Phi) is 3.64. The molecule has 1 aliphatic rings. The molecule has 1 aromatic carbocycles. The predicted octanol–water partition coefficient (Wildman–Crippen LogP) is 2.89. The van der Waals surface area contributed by atoms with Crippen LogP contribution in [0, 0.1) is 5.92 Å². The first-order valence-electron chi connectivity index (χ1n) is 5.77. The van der Waals surface area contributed by atoms with Crippen LogP contribution in [0.2, 0.25) is 5.02 Å². The molecule has 3 nitrogen and oxygen atoms in total. The summed E-state index contributed by atoms with van der Waals surface area (Å²) in [5.41, 5.74) is 6.04. The van der Waals surface area contributed by atoms with Crippen LogP contribution in [0.3, 0.4) is 0 Å². The molecule has 0 aromatic heterocycles. The van der Waals surface area contributed by atoms with Gasteiger partial charge in [-0.3, -0.25) is 0 Å². The molecule has 1 fully saturated rings. The average Bonchev–Trinajstić information content (AvgIpc) is 2.73. The Morgan fingerprint density at radius 1 is 1.29 bits per heavy atom. The Labute approximate surface area is 107 Å². The molecule has 0 bridgehead atoms. The van der Waals surface area contributed by atoms with E-state index in [1.807, 2.05) is 0 Å². The van der Waals surface area contributed by atoms with E-state index >= 15 is 0 Å². The van der Waals surface area contributed by atoms with E-state index in [0.29, 0.717) is 5.69 Å². The minimum atomic E-state index is -3.31. The molecule has 0 radical (unpaired) electrons. The molecule has 0 unspecified atom stereocenters. The van der Waals surface area contributed by atoms with Crippen LogP contribution in [0.4, 0.5) is 5.69 Å². The zero-order valence-electron chi connectivity index (χ0n) is 9.52. The number of hydrogen-bond donors (Lipinski definition) is 1. The normalized spacial score (nSPS) is 17.5. The van der Waals surface area contributed by atoms with Crippen LogP contribution in [0.1, 0.15) is 25.7 Å². The van der Waals surface area contributed by atoms with E-state index in [0.717, 1.165) is 25.7 Å². The first kappa shape index (κ1) is 12.7. The summed E-state index contributed by atoms with van der Waals surface area (Å²) >= 11 is 5.93. The van der Waals surface area contributed by atoms with Gasteiger partial charge in [0, 0.05) is 5.69 Å². The van der Waals surface area contributed by atoms with Crippen LogP contribution in [0.5, 0.6) is 0 Å². The molecule has 1 aromatic rings. The molecule has 0 saturated heterocycles. The van der Waals surface area contributed by atoms with Gasteiger partial charge in [-0.1, -0.05) is 24.4 Å². The van der Waals surface area contributed by atoms with Crippen molar-refractivity contribution in [2.45, 2.75) is 30.6 Å². The van der Waals surface area contributed by atoms with Crippen LogP contribution in [0.25, 0.3) is 0 Å². The van der Waals surface area contributed by atoms with Crippen LogP contribution >= 0.6 is 11.6 Å². The van der Waals surface area contributed by atoms with E-state index in [1.54, 1.807) is 12.1 Å². The molecule has 5 heteroatoms. The number of rotatable bonds is 3. The van der Waals surface area contributed by atoms with E-state index in [4.69, 9.17) is 17.3 Å². The van der Waals surface area contributed by atoms with Crippen molar-refractivity contribution in [1.29, 1.82) is 0 Å². The quantitative estimate of drug-likeness (QED) is 0.862. The van der Waals surface area contributed by atoms with E-state index in [1.165, 1.54) is 6.07 Å². The molecule has 2 rings (SSSR count). The van der Waals surface area contributed by atoms with Gasteiger partial charge in [-0.2, -0.15) is 0 Å². The van der Waals surface area contributed by atoms with Gasteiger partial charge >= 0.3 is 0 Å². The van der Waals surface area contributed by atoms with Crippen molar-refractivity contribution >= 4 is 27.1 Å². The Morgan fingerprint density at radius 3 is 2.59 bits per heavy atom. The SMILES string of the molecule is Nc1ccc(Cl)c(S(=O)(=O)CC2CCCC2)c1. The number of nitrogens with two attached hydrogens (primary N) is 1. The van der Waals surface area contributed by atoms with Gasteiger partial charge in [0.25, 0.3) is 0 Å². The fourth-order valence-electron chi connectivity index (χ4n) is 2.34. The summed E-state index contributed by atoms with van der Waals surface area (Å²) in [6.45, 7) is 0. The molecule has 94 valence electrons. The minimum Gasteiger partial charge on any atom is -0.399 e. The fourth-order valence-corrected chi connectivity index (χ4v) is 4.62. The first-order chi connectivity index (χ1) is 7.99. The highest BCUT2D eigenvalue weighted by molar-refractivity contribution is 7.91. The maximum atomic E-state index is 12.2. The maximum Gasteiger partial charge on any atom is 0.180 e.